The van der Waals surface area contributed by atoms with Crippen LogP contribution in [0, 0.1) is 5.82 Å². The van der Waals surface area contributed by atoms with E-state index in [0.29, 0.717) is 28.4 Å². The maximum absolute atomic E-state index is 14.3. The number of anilines is 2. The molecule has 0 fully saturated rings. The molecular weight excluding hydrogens is 545 g/mol. The number of fused-ring (bicyclic) bond motifs is 1. The van der Waals surface area contributed by atoms with Crippen LogP contribution in [0.5, 0.6) is 0 Å². The Morgan fingerprint density at radius 2 is 1.95 bits per heavy atom. The summed E-state index contributed by atoms with van der Waals surface area (Å²) in [6.45, 7) is 2.33. The Morgan fingerprint density at radius 1 is 1.14 bits per heavy atom. The van der Waals surface area contributed by atoms with E-state index in [1.165, 1.54) is 23.1 Å². The fraction of sp³-hybridized carbons (Fsp3) is 0.241. The summed E-state index contributed by atoms with van der Waals surface area (Å²) in [5, 5.41) is 3.16. The number of pyridine rings is 1. The molecule has 2 aromatic carbocycles. The molecule has 0 unspecified atom stereocenters. The number of aliphatic imine (C=N–C) groups is 1. The quantitative estimate of drug-likeness (QED) is 0.163. The van der Waals surface area contributed by atoms with E-state index in [2.05, 4.69) is 25.0 Å². The van der Waals surface area contributed by atoms with Gasteiger partial charge < -0.3 is 25.1 Å². The van der Waals surface area contributed by atoms with Crippen molar-refractivity contribution in [3.05, 3.63) is 83.6 Å². The average molecular weight is 576 g/mol. The number of carbonyl (C=O) groups is 3. The predicted molar refractivity (Wildman–Crippen MR) is 155 cm³/mol. The summed E-state index contributed by atoms with van der Waals surface area (Å²) >= 11 is 0. The van der Waals surface area contributed by atoms with Crippen LogP contribution in [0.1, 0.15) is 35.1 Å². The number of nitrogens with one attached hydrogen (secondary N) is 1. The Balaban J connectivity index is 1.55. The molecule has 0 bridgehead atoms. The highest BCUT2D eigenvalue weighted by Gasteiger charge is 2.21. The van der Waals surface area contributed by atoms with Gasteiger partial charge in [0.25, 0.3) is 5.91 Å². The van der Waals surface area contributed by atoms with Crippen LogP contribution in [0.3, 0.4) is 0 Å². The Kier molecular flexibility index (Phi) is 9.42. The summed E-state index contributed by atoms with van der Waals surface area (Å²) in [7, 11) is 2.98. The summed E-state index contributed by atoms with van der Waals surface area (Å²) in [5.41, 5.74) is 7.98. The molecule has 218 valence electrons. The molecule has 2 heterocycles. The van der Waals surface area contributed by atoms with Gasteiger partial charge in [0.05, 0.1) is 43.3 Å². The molecule has 4 rings (SSSR count). The summed E-state index contributed by atoms with van der Waals surface area (Å²) in [5.74, 6) is -0.655. The molecule has 0 atom stereocenters. The highest BCUT2D eigenvalue weighted by molar-refractivity contribution is 6.07. The van der Waals surface area contributed by atoms with Crippen molar-refractivity contribution >= 4 is 46.3 Å². The second-order valence-electron chi connectivity index (χ2n) is 9.01. The monoisotopic (exact) mass is 575 g/mol. The highest BCUT2D eigenvalue weighted by Crippen LogP contribution is 2.22. The molecule has 12 nitrogen and oxygen atoms in total. The van der Waals surface area contributed by atoms with Gasteiger partial charge in [-0.2, -0.15) is 4.99 Å². The van der Waals surface area contributed by atoms with E-state index in [1.54, 1.807) is 49.5 Å². The standard InChI is InChI=1S/C29H30FN7O5/c1-4-42-26(38)12-14-37(24-7-5-6-13-32-24)28(39)18-8-11-23-22(15-18)34-25(36(23)2)17-33-19-9-10-21(30)20(16-19)27(31)35-29(40)41-3/h5-11,13,15-16,33H,4,12,14,17H2,1-3H3,(H2,31,35,40). The molecule has 2 aromatic heterocycles. The number of amidine groups is 1. The normalized spacial score (nSPS) is 11.3. The zero-order chi connectivity index (χ0) is 30.2. The number of nitrogens with zero attached hydrogens (tertiary/aromatic N) is 5. The first kappa shape index (κ1) is 29.6. The lowest BCUT2D eigenvalue weighted by Gasteiger charge is -2.21. The molecule has 0 aliphatic carbocycles. The third-order valence-electron chi connectivity index (χ3n) is 6.32. The largest absolute Gasteiger partial charge is 0.466 e. The number of ether oxygens (including phenoxy) is 2. The molecule has 42 heavy (non-hydrogen) atoms. The van der Waals surface area contributed by atoms with Gasteiger partial charge in [-0.15, -0.1) is 0 Å². The number of nitrogens with two attached hydrogens (primary N) is 1. The molecule has 0 spiro atoms. The Morgan fingerprint density at radius 3 is 2.67 bits per heavy atom. The number of hydrogen-bond donors (Lipinski definition) is 2. The van der Waals surface area contributed by atoms with E-state index >= 15 is 0 Å². The third kappa shape index (κ3) is 6.86. The number of benzene rings is 2. The topological polar surface area (TPSA) is 154 Å². The van der Waals surface area contributed by atoms with E-state index in [4.69, 9.17) is 10.5 Å². The minimum atomic E-state index is -0.940. The first-order valence-electron chi connectivity index (χ1n) is 13.0. The number of carbonyl (C=O) groups excluding carboxylic acids is 3. The third-order valence-corrected chi connectivity index (χ3v) is 6.32. The second kappa shape index (κ2) is 13.4. The highest BCUT2D eigenvalue weighted by atomic mass is 19.1. The zero-order valence-corrected chi connectivity index (χ0v) is 23.3. The van der Waals surface area contributed by atoms with Gasteiger partial charge in [-0.25, -0.2) is 19.2 Å². The van der Waals surface area contributed by atoms with Crippen molar-refractivity contribution in [2.45, 2.75) is 19.9 Å². The predicted octanol–water partition coefficient (Wildman–Crippen LogP) is 3.79. The first-order chi connectivity index (χ1) is 20.2. The average Bonchev–Trinajstić information content (AvgIpc) is 3.31. The molecule has 0 radical (unpaired) electrons. The van der Waals surface area contributed by atoms with Crippen LogP contribution < -0.4 is 16.0 Å². The van der Waals surface area contributed by atoms with Gasteiger partial charge in [-0.1, -0.05) is 6.07 Å². The first-order valence-corrected chi connectivity index (χ1v) is 13.0. The number of halogens is 1. The minimum Gasteiger partial charge on any atom is -0.466 e. The van der Waals surface area contributed by atoms with Crippen LogP contribution in [0.4, 0.5) is 20.7 Å². The van der Waals surface area contributed by atoms with Gasteiger partial charge in [0.2, 0.25) is 0 Å². The van der Waals surface area contributed by atoms with E-state index in [9.17, 15) is 18.8 Å². The lowest BCUT2D eigenvalue weighted by atomic mass is 10.1. The van der Waals surface area contributed by atoms with E-state index in [0.717, 1.165) is 12.6 Å². The van der Waals surface area contributed by atoms with Crippen molar-refractivity contribution in [3.8, 4) is 0 Å². The summed E-state index contributed by atoms with van der Waals surface area (Å²) < 4.78 is 25.7. The number of hydrogen-bond acceptors (Lipinski definition) is 8. The minimum absolute atomic E-state index is 0.0170. The maximum atomic E-state index is 14.3. The Labute approximate surface area is 241 Å². The maximum Gasteiger partial charge on any atom is 0.435 e. The molecule has 0 saturated carbocycles. The van der Waals surface area contributed by atoms with Gasteiger partial charge in [-0.05, 0) is 55.5 Å². The molecule has 4 aromatic rings. The van der Waals surface area contributed by atoms with Crippen molar-refractivity contribution < 1.29 is 28.2 Å². The molecule has 0 aliphatic heterocycles. The molecule has 0 aliphatic rings. The van der Waals surface area contributed by atoms with Crippen LogP contribution in [0.15, 0.2) is 65.8 Å². The van der Waals surface area contributed by atoms with Crippen LogP contribution in [0.25, 0.3) is 11.0 Å². The molecule has 0 saturated heterocycles. The van der Waals surface area contributed by atoms with Crippen molar-refractivity contribution in [3.63, 3.8) is 0 Å². The van der Waals surface area contributed by atoms with Crippen molar-refractivity contribution in [2.24, 2.45) is 17.8 Å². The lowest BCUT2D eigenvalue weighted by Crippen LogP contribution is -2.34. The number of rotatable bonds is 10. The van der Waals surface area contributed by atoms with Crippen molar-refractivity contribution in [1.29, 1.82) is 0 Å². The second-order valence-corrected chi connectivity index (χ2v) is 9.01. The number of aromatic nitrogens is 3. The van der Waals surface area contributed by atoms with Gasteiger partial charge in [-0.3, -0.25) is 14.5 Å². The SMILES string of the molecule is CCOC(=O)CCN(C(=O)c1ccc2c(c1)nc(CNc1ccc(F)c(/C(N)=N/C(=O)OC)c1)n2C)c1ccccn1. The molecular formula is C29H30FN7O5. The van der Waals surface area contributed by atoms with E-state index in [-0.39, 0.29) is 43.4 Å². The molecule has 2 amide bonds. The molecule has 13 heteroatoms. The van der Waals surface area contributed by atoms with E-state index < -0.39 is 17.9 Å². The molecule has 3 N–H and O–H groups in total. The number of imidazole rings is 1. The smallest absolute Gasteiger partial charge is 0.435 e. The summed E-state index contributed by atoms with van der Waals surface area (Å²) in [6.07, 6.45) is 0.652. The lowest BCUT2D eigenvalue weighted by molar-refractivity contribution is -0.142. The van der Waals surface area contributed by atoms with Crippen LogP contribution >= 0.6 is 0 Å². The van der Waals surface area contributed by atoms with Crippen LogP contribution in [-0.2, 0) is 27.9 Å². The van der Waals surface area contributed by atoms with Gasteiger partial charge in [0.1, 0.15) is 23.3 Å². The zero-order valence-electron chi connectivity index (χ0n) is 23.3. The number of esters is 1. The van der Waals surface area contributed by atoms with E-state index in [1.807, 2.05) is 11.6 Å². The van der Waals surface area contributed by atoms with Crippen LogP contribution in [-0.4, -0.2) is 58.6 Å². The van der Waals surface area contributed by atoms with Gasteiger partial charge >= 0.3 is 12.1 Å². The number of amides is 2. The van der Waals surface area contributed by atoms with Gasteiger partial charge in [0, 0.05) is 31.0 Å². The fourth-order valence-corrected chi connectivity index (χ4v) is 4.18. The van der Waals surface area contributed by atoms with Crippen LogP contribution in [0.2, 0.25) is 0 Å². The summed E-state index contributed by atoms with van der Waals surface area (Å²) in [6, 6.07) is 14.5. The number of methoxy groups -OCH3 is 1. The van der Waals surface area contributed by atoms with Crippen molar-refractivity contribution in [2.75, 3.05) is 30.5 Å². The fourth-order valence-electron chi connectivity index (χ4n) is 4.18. The number of aryl methyl sites for hydroxylation is 1. The van der Waals surface area contributed by atoms with Gasteiger partial charge in [0.15, 0.2) is 0 Å². The Hall–Kier alpha value is -5.33. The Bertz CT molecular complexity index is 1640. The summed E-state index contributed by atoms with van der Waals surface area (Å²) in [4.78, 5) is 50.9. The van der Waals surface area contributed by atoms with Crippen molar-refractivity contribution in [1.82, 2.24) is 14.5 Å².